The molecule has 2 aromatic carbocycles. The van der Waals surface area contributed by atoms with Crippen LogP contribution in [0.1, 0.15) is 66.3 Å². The van der Waals surface area contributed by atoms with Gasteiger partial charge in [0, 0.05) is 52.8 Å². The van der Waals surface area contributed by atoms with Crippen LogP contribution in [0.2, 0.25) is 0 Å². The van der Waals surface area contributed by atoms with Crippen molar-refractivity contribution in [2.75, 3.05) is 4.90 Å². The van der Waals surface area contributed by atoms with E-state index in [-0.39, 0.29) is 47.7 Å². The Morgan fingerprint density at radius 2 is 1.81 bits per heavy atom. The van der Waals surface area contributed by atoms with Crippen LogP contribution in [-0.4, -0.2) is 45.3 Å². The molecule has 4 heterocycles. The third-order valence-corrected chi connectivity index (χ3v) is 8.83. The van der Waals surface area contributed by atoms with E-state index >= 15 is 0 Å². The minimum absolute atomic E-state index is 0.0192. The number of carboxylic acid groups (broad SMARTS) is 1. The van der Waals surface area contributed by atoms with E-state index in [4.69, 9.17) is 9.26 Å². The van der Waals surface area contributed by atoms with Gasteiger partial charge in [-0.3, -0.25) is 0 Å². The van der Waals surface area contributed by atoms with E-state index in [1.165, 1.54) is 12.1 Å². The molecule has 220 valence electrons. The monoisotopic (exact) mass is 581 g/mol. The Balaban J connectivity index is 1.10. The molecule has 4 aromatic rings. The van der Waals surface area contributed by atoms with Gasteiger partial charge >= 0.3 is 12.3 Å². The number of alkyl halides is 3. The number of hydrogen-bond acceptors (Lipinski definition) is 6. The van der Waals surface area contributed by atoms with E-state index in [0.717, 1.165) is 55.1 Å². The molecule has 1 unspecified atom stereocenters. The first-order valence-electron chi connectivity index (χ1n) is 14.2. The van der Waals surface area contributed by atoms with Crippen molar-refractivity contribution in [3.63, 3.8) is 0 Å². The summed E-state index contributed by atoms with van der Waals surface area (Å²) in [6.45, 7) is 0.197. The van der Waals surface area contributed by atoms with Gasteiger partial charge in [0.05, 0.1) is 12.7 Å². The molecule has 1 saturated carbocycles. The molecule has 2 bridgehead atoms. The maximum atomic E-state index is 13.1. The summed E-state index contributed by atoms with van der Waals surface area (Å²) < 4.78 is 57.5. The predicted octanol–water partition coefficient (Wildman–Crippen LogP) is 7.02. The molecule has 7 rings (SSSR count). The average Bonchev–Trinajstić information content (AvgIpc) is 3.54. The highest BCUT2D eigenvalue weighted by Crippen LogP contribution is 2.46. The lowest BCUT2D eigenvalue weighted by Crippen LogP contribution is -2.45. The number of piperidine rings is 1. The van der Waals surface area contributed by atoms with Crippen molar-refractivity contribution in [2.45, 2.75) is 75.6 Å². The van der Waals surface area contributed by atoms with E-state index in [0.29, 0.717) is 17.0 Å². The lowest BCUT2D eigenvalue weighted by Gasteiger charge is -2.40. The summed E-state index contributed by atoms with van der Waals surface area (Å²) in [7, 11) is 1.76. The van der Waals surface area contributed by atoms with Crippen LogP contribution in [0.15, 0.2) is 53.1 Å². The van der Waals surface area contributed by atoms with Crippen LogP contribution >= 0.6 is 0 Å². The van der Waals surface area contributed by atoms with Gasteiger partial charge < -0.3 is 28.6 Å². The number of aryl methyl sites for hydroxylation is 1. The Hall–Kier alpha value is -3.99. The summed E-state index contributed by atoms with van der Waals surface area (Å²) in [6.07, 6.45) is 0.752. The number of carboxylic acids is 1. The molecule has 3 atom stereocenters. The largest absolute Gasteiger partial charge is 0.573 e. The molecule has 0 spiro atoms. The van der Waals surface area contributed by atoms with Gasteiger partial charge in [0.1, 0.15) is 22.9 Å². The van der Waals surface area contributed by atoms with Crippen LogP contribution in [0, 0.1) is 0 Å². The van der Waals surface area contributed by atoms with Crippen molar-refractivity contribution in [1.82, 2.24) is 9.72 Å². The van der Waals surface area contributed by atoms with Crippen molar-refractivity contribution >= 4 is 22.6 Å². The summed E-state index contributed by atoms with van der Waals surface area (Å²) >= 11 is 0. The van der Waals surface area contributed by atoms with Gasteiger partial charge in [-0.1, -0.05) is 17.3 Å². The Morgan fingerprint density at radius 1 is 1.07 bits per heavy atom. The third-order valence-electron chi connectivity index (χ3n) is 8.83. The molecule has 0 radical (unpaired) electrons. The number of halogens is 3. The molecular formula is C31H30F3N3O5. The number of aromatic nitrogens is 2. The van der Waals surface area contributed by atoms with Gasteiger partial charge in [-0.15, -0.1) is 13.2 Å². The smallest absolute Gasteiger partial charge is 0.477 e. The normalized spacial score (nSPS) is 22.2. The number of fused-ring (bicyclic) bond motifs is 3. The van der Waals surface area contributed by atoms with E-state index < -0.39 is 12.3 Å². The number of carbonyl (C=O) groups is 1. The van der Waals surface area contributed by atoms with Gasteiger partial charge in [0.25, 0.3) is 0 Å². The molecular weight excluding hydrogens is 551 g/mol. The van der Waals surface area contributed by atoms with Crippen molar-refractivity contribution < 1.29 is 37.1 Å². The second-order valence-electron chi connectivity index (χ2n) is 11.5. The molecule has 2 saturated heterocycles. The van der Waals surface area contributed by atoms with Crippen molar-refractivity contribution in [2.24, 2.45) is 7.05 Å². The van der Waals surface area contributed by atoms with Gasteiger partial charge in [0.15, 0.2) is 0 Å². The van der Waals surface area contributed by atoms with E-state index in [1.54, 1.807) is 29.8 Å². The van der Waals surface area contributed by atoms with Crippen LogP contribution < -0.4 is 9.64 Å². The quantitative estimate of drug-likeness (QED) is 0.239. The zero-order valence-corrected chi connectivity index (χ0v) is 22.9. The lowest BCUT2D eigenvalue weighted by molar-refractivity contribution is -0.274. The van der Waals surface area contributed by atoms with Crippen molar-refractivity contribution in [3.05, 3.63) is 65.5 Å². The molecule has 3 aliphatic rings. The third kappa shape index (κ3) is 4.89. The average molecular weight is 582 g/mol. The number of para-hydroxylation sites is 1. The summed E-state index contributed by atoms with van der Waals surface area (Å²) in [5.41, 5.74) is 3.45. The molecule has 42 heavy (non-hydrogen) atoms. The first-order valence-corrected chi connectivity index (χ1v) is 14.2. The molecule has 2 aliphatic heterocycles. The second-order valence-corrected chi connectivity index (χ2v) is 11.5. The second kappa shape index (κ2) is 10.1. The predicted molar refractivity (Wildman–Crippen MR) is 148 cm³/mol. The zero-order valence-electron chi connectivity index (χ0n) is 22.9. The van der Waals surface area contributed by atoms with Gasteiger partial charge in [-0.2, -0.15) is 0 Å². The Labute approximate surface area is 239 Å². The van der Waals surface area contributed by atoms with E-state index in [9.17, 15) is 23.1 Å². The zero-order chi connectivity index (χ0) is 29.2. The van der Waals surface area contributed by atoms with Crippen molar-refractivity contribution in [3.8, 4) is 17.0 Å². The number of aromatic carboxylic acids is 1. The first-order chi connectivity index (χ1) is 20.2. The number of benzene rings is 2. The number of nitrogens with zero attached hydrogens (tertiary/aromatic N) is 3. The molecule has 0 amide bonds. The number of ether oxygens (including phenoxy) is 2. The molecule has 8 nitrogen and oxygen atoms in total. The van der Waals surface area contributed by atoms with E-state index in [2.05, 4.69) is 26.9 Å². The van der Waals surface area contributed by atoms with Crippen LogP contribution in [0.25, 0.3) is 22.2 Å². The maximum Gasteiger partial charge on any atom is 0.573 e. The topological polar surface area (TPSA) is 90.0 Å². The Kier molecular flexibility index (Phi) is 6.45. The summed E-state index contributed by atoms with van der Waals surface area (Å²) in [6, 6.07) is 14.4. The van der Waals surface area contributed by atoms with Crippen molar-refractivity contribution in [1.29, 1.82) is 0 Å². The minimum Gasteiger partial charge on any atom is -0.477 e. The van der Waals surface area contributed by atoms with Crippen LogP contribution in [0.5, 0.6) is 5.75 Å². The Morgan fingerprint density at radius 3 is 2.50 bits per heavy atom. The number of hydrogen-bond donors (Lipinski definition) is 1. The molecule has 1 aliphatic carbocycles. The highest BCUT2D eigenvalue weighted by molar-refractivity contribution is 5.95. The van der Waals surface area contributed by atoms with Gasteiger partial charge in [0.2, 0.25) is 0 Å². The highest BCUT2D eigenvalue weighted by Gasteiger charge is 2.42. The van der Waals surface area contributed by atoms with Crippen LogP contribution in [0.3, 0.4) is 0 Å². The first kappa shape index (κ1) is 26.9. The molecule has 11 heteroatoms. The van der Waals surface area contributed by atoms with E-state index in [1.807, 2.05) is 6.07 Å². The summed E-state index contributed by atoms with van der Waals surface area (Å²) in [5, 5.41) is 14.6. The SMILES string of the molecule is Cn1c(C(=O)O)cc2cc(N3[C@@H]4CC[C@H]3CC(OCc3c(-c5ccccc5OC(F)(F)F)noc3C3CC3)C4)ccc21. The highest BCUT2D eigenvalue weighted by atomic mass is 19.4. The molecule has 3 fully saturated rings. The van der Waals surface area contributed by atoms with Crippen LogP contribution in [0.4, 0.5) is 18.9 Å². The fourth-order valence-electron chi connectivity index (χ4n) is 6.80. The number of anilines is 1. The summed E-state index contributed by atoms with van der Waals surface area (Å²) in [4.78, 5) is 14.0. The maximum absolute atomic E-state index is 13.1. The molecule has 2 aromatic heterocycles. The lowest BCUT2D eigenvalue weighted by atomic mass is 9.98. The number of rotatable bonds is 8. The van der Waals surface area contributed by atoms with Gasteiger partial charge in [-0.05, 0) is 74.9 Å². The Bertz CT molecular complexity index is 1640. The summed E-state index contributed by atoms with van der Waals surface area (Å²) in [5.74, 6) is -0.387. The van der Waals surface area contributed by atoms with Crippen LogP contribution in [-0.2, 0) is 18.4 Å². The standard InChI is InChI=1S/C31H30F3N3O5/c1-36-25-11-10-19(12-18(25)13-26(36)30(38)39)37-20-8-9-21(37)15-22(14-20)40-16-24-28(35-42-29(24)17-6-7-17)23-4-2-3-5-27(23)41-31(32,33)34/h2-5,10-13,17,20-22H,6-9,14-16H2,1H3,(H,38,39)/t20-,21+,22?. The fourth-order valence-corrected chi connectivity index (χ4v) is 6.80. The minimum atomic E-state index is -4.83. The fraction of sp³-hybridized carbons (Fsp3) is 0.419. The molecule has 1 N–H and O–H groups in total. The van der Waals surface area contributed by atoms with Gasteiger partial charge in [-0.25, -0.2) is 4.79 Å².